The van der Waals surface area contributed by atoms with Gasteiger partial charge in [0, 0.05) is 29.7 Å². The molecule has 24 heavy (non-hydrogen) atoms. The van der Waals surface area contributed by atoms with Gasteiger partial charge >= 0.3 is 0 Å². The molecule has 3 heteroatoms. The third-order valence-electron chi connectivity index (χ3n) is 5.74. The van der Waals surface area contributed by atoms with Gasteiger partial charge in [0.15, 0.2) is 0 Å². The maximum Gasteiger partial charge on any atom is 0.229 e. The summed E-state index contributed by atoms with van der Waals surface area (Å²) in [5, 5.41) is 0. The van der Waals surface area contributed by atoms with E-state index in [1.54, 1.807) is 0 Å². The van der Waals surface area contributed by atoms with Crippen molar-refractivity contribution in [2.24, 2.45) is 5.41 Å². The van der Waals surface area contributed by atoms with Gasteiger partial charge in [0.05, 0.1) is 5.41 Å². The molecule has 2 atom stereocenters. The topological polar surface area (TPSA) is 20.3 Å². The van der Waals surface area contributed by atoms with Crippen LogP contribution in [-0.4, -0.2) is 30.2 Å². The Labute approximate surface area is 148 Å². The number of piperidine rings is 1. The molecule has 4 rings (SSSR count). The minimum atomic E-state index is -0.205. The highest BCUT2D eigenvalue weighted by Crippen LogP contribution is 2.56. The molecule has 2 unspecified atom stereocenters. The first-order valence-corrected chi connectivity index (χ1v) is 9.61. The number of rotatable bonds is 4. The van der Waals surface area contributed by atoms with Crippen LogP contribution in [0.5, 0.6) is 0 Å². The Morgan fingerprint density at radius 1 is 1.00 bits per heavy atom. The second-order valence-corrected chi connectivity index (χ2v) is 8.42. The third kappa shape index (κ3) is 2.55. The Morgan fingerprint density at radius 2 is 1.67 bits per heavy atom. The van der Waals surface area contributed by atoms with Gasteiger partial charge in [-0.25, -0.2) is 0 Å². The van der Waals surface area contributed by atoms with Crippen molar-refractivity contribution >= 4 is 17.7 Å². The van der Waals surface area contributed by atoms with Crippen molar-refractivity contribution < 1.29 is 4.79 Å². The summed E-state index contributed by atoms with van der Waals surface area (Å²) in [6.45, 7) is 0.855. The molecular weight excluding hydrogens is 314 g/mol. The summed E-state index contributed by atoms with van der Waals surface area (Å²) >= 11 is 1.83. The van der Waals surface area contributed by atoms with Gasteiger partial charge < -0.3 is 4.90 Å². The SMILES string of the molecule is CN1CC2(c3ccccc3)CCC(CSc3ccccc3)(C2)C1=O. The van der Waals surface area contributed by atoms with E-state index in [9.17, 15) is 4.79 Å². The number of fused-ring (bicyclic) bond motifs is 2. The minimum absolute atomic E-state index is 0.140. The van der Waals surface area contributed by atoms with Gasteiger partial charge in [0.2, 0.25) is 5.91 Å². The zero-order chi connectivity index (χ0) is 16.6. The Balaban J connectivity index is 1.62. The van der Waals surface area contributed by atoms with Gasteiger partial charge in [-0.1, -0.05) is 48.5 Å². The molecule has 1 aliphatic heterocycles. The van der Waals surface area contributed by atoms with Crippen LogP contribution in [0.2, 0.25) is 0 Å². The maximum atomic E-state index is 13.0. The Bertz CT molecular complexity index is 732. The minimum Gasteiger partial charge on any atom is -0.344 e. The molecule has 1 saturated heterocycles. The van der Waals surface area contributed by atoms with E-state index >= 15 is 0 Å². The van der Waals surface area contributed by atoms with Crippen LogP contribution in [0.15, 0.2) is 65.6 Å². The van der Waals surface area contributed by atoms with Crippen LogP contribution >= 0.6 is 11.8 Å². The van der Waals surface area contributed by atoms with Crippen LogP contribution in [0.4, 0.5) is 0 Å². The standard InChI is InChI=1S/C21H23NOS/c1-22-15-20(17-8-4-2-5-9-17)12-13-21(14-20,19(22)23)16-24-18-10-6-3-7-11-18/h2-11H,12-16H2,1H3. The summed E-state index contributed by atoms with van der Waals surface area (Å²) in [6, 6.07) is 21.3. The molecule has 1 amide bonds. The zero-order valence-corrected chi connectivity index (χ0v) is 14.9. The predicted molar refractivity (Wildman–Crippen MR) is 99.2 cm³/mol. The molecule has 2 nitrogen and oxygen atoms in total. The fourth-order valence-corrected chi connectivity index (χ4v) is 5.77. The maximum absolute atomic E-state index is 13.0. The highest BCUT2D eigenvalue weighted by atomic mass is 32.2. The predicted octanol–water partition coefficient (Wildman–Crippen LogP) is 4.36. The van der Waals surface area contributed by atoms with Crippen molar-refractivity contribution in [2.45, 2.75) is 29.6 Å². The summed E-state index contributed by atoms with van der Waals surface area (Å²) < 4.78 is 0. The smallest absolute Gasteiger partial charge is 0.229 e. The lowest BCUT2D eigenvalue weighted by molar-refractivity contribution is -0.143. The van der Waals surface area contributed by atoms with Crippen LogP contribution in [0, 0.1) is 5.41 Å². The fraction of sp³-hybridized carbons (Fsp3) is 0.381. The molecule has 1 aliphatic carbocycles. The zero-order valence-electron chi connectivity index (χ0n) is 14.1. The number of hydrogen-bond acceptors (Lipinski definition) is 2. The van der Waals surface area contributed by atoms with E-state index in [2.05, 4.69) is 54.6 Å². The Hall–Kier alpha value is -1.74. The number of carbonyl (C=O) groups is 1. The number of thioether (sulfide) groups is 1. The monoisotopic (exact) mass is 337 g/mol. The first-order valence-electron chi connectivity index (χ1n) is 8.63. The summed E-state index contributed by atoms with van der Waals surface area (Å²) in [6.07, 6.45) is 3.11. The Kier molecular flexibility index (Phi) is 3.92. The number of amides is 1. The van der Waals surface area contributed by atoms with Gasteiger partial charge in [-0.15, -0.1) is 11.8 Å². The van der Waals surface area contributed by atoms with E-state index in [4.69, 9.17) is 0 Å². The van der Waals surface area contributed by atoms with E-state index in [-0.39, 0.29) is 10.8 Å². The summed E-state index contributed by atoms with van der Waals surface area (Å²) in [4.78, 5) is 16.2. The summed E-state index contributed by atoms with van der Waals surface area (Å²) in [5.41, 5.74) is 1.33. The van der Waals surface area contributed by atoms with E-state index in [1.807, 2.05) is 29.8 Å². The number of carbonyl (C=O) groups excluding carboxylic acids is 1. The number of hydrogen-bond donors (Lipinski definition) is 0. The van der Waals surface area contributed by atoms with E-state index < -0.39 is 0 Å². The van der Waals surface area contributed by atoms with E-state index in [0.717, 1.165) is 31.6 Å². The van der Waals surface area contributed by atoms with Crippen molar-refractivity contribution in [1.82, 2.24) is 4.90 Å². The van der Waals surface area contributed by atoms with Crippen molar-refractivity contribution in [1.29, 1.82) is 0 Å². The average molecular weight is 337 g/mol. The molecule has 0 aromatic heterocycles. The van der Waals surface area contributed by atoms with Crippen molar-refractivity contribution in [3.8, 4) is 0 Å². The summed E-state index contributed by atoms with van der Waals surface area (Å²) in [5.74, 6) is 1.23. The first-order chi connectivity index (χ1) is 11.6. The molecule has 2 aliphatic rings. The van der Waals surface area contributed by atoms with Gasteiger partial charge in [0.25, 0.3) is 0 Å². The van der Waals surface area contributed by atoms with Crippen molar-refractivity contribution in [2.75, 3.05) is 19.3 Å². The van der Waals surface area contributed by atoms with Gasteiger partial charge in [-0.05, 0) is 37.0 Å². The van der Waals surface area contributed by atoms with Crippen LogP contribution in [0.25, 0.3) is 0 Å². The number of likely N-dealkylation sites (tertiary alicyclic amines) is 1. The normalized spacial score (nSPS) is 29.0. The van der Waals surface area contributed by atoms with Gasteiger partial charge in [0.1, 0.15) is 0 Å². The second kappa shape index (κ2) is 5.96. The fourth-order valence-electron chi connectivity index (χ4n) is 4.60. The molecule has 0 radical (unpaired) electrons. The molecule has 2 aromatic carbocycles. The molecule has 1 saturated carbocycles. The number of benzene rings is 2. The number of nitrogens with zero attached hydrogens (tertiary/aromatic N) is 1. The van der Waals surface area contributed by atoms with Crippen LogP contribution < -0.4 is 0 Å². The largest absolute Gasteiger partial charge is 0.344 e. The lowest BCUT2D eigenvalue weighted by Gasteiger charge is -2.43. The first kappa shape index (κ1) is 15.8. The molecular formula is C21H23NOS. The van der Waals surface area contributed by atoms with Gasteiger partial charge in [-0.3, -0.25) is 4.79 Å². The lowest BCUT2D eigenvalue weighted by atomic mass is 9.72. The highest BCUT2D eigenvalue weighted by molar-refractivity contribution is 7.99. The average Bonchev–Trinajstić information content (AvgIpc) is 2.97. The Morgan fingerprint density at radius 3 is 2.38 bits per heavy atom. The third-order valence-corrected chi connectivity index (χ3v) is 7.05. The van der Waals surface area contributed by atoms with Gasteiger partial charge in [-0.2, -0.15) is 0 Å². The molecule has 2 bridgehead atoms. The molecule has 124 valence electrons. The summed E-state index contributed by atoms with van der Waals surface area (Å²) in [7, 11) is 1.98. The van der Waals surface area contributed by atoms with E-state index in [0.29, 0.717) is 5.91 Å². The molecule has 2 aromatic rings. The second-order valence-electron chi connectivity index (χ2n) is 7.37. The van der Waals surface area contributed by atoms with Crippen LogP contribution in [0.1, 0.15) is 24.8 Å². The lowest BCUT2D eigenvalue weighted by Crippen LogP contribution is -2.52. The van der Waals surface area contributed by atoms with Crippen molar-refractivity contribution in [3.05, 3.63) is 66.2 Å². The molecule has 0 spiro atoms. The van der Waals surface area contributed by atoms with Crippen molar-refractivity contribution in [3.63, 3.8) is 0 Å². The molecule has 0 N–H and O–H groups in total. The van der Waals surface area contributed by atoms with Crippen LogP contribution in [0.3, 0.4) is 0 Å². The highest BCUT2D eigenvalue weighted by Gasteiger charge is 2.58. The van der Waals surface area contributed by atoms with Crippen LogP contribution in [-0.2, 0) is 10.2 Å². The quantitative estimate of drug-likeness (QED) is 0.773. The molecule has 2 fully saturated rings. The molecule has 1 heterocycles. The van der Waals surface area contributed by atoms with E-state index in [1.165, 1.54) is 10.5 Å². The number of likely N-dealkylation sites (N-methyl/N-ethyl adjacent to an activating group) is 1.